The summed E-state index contributed by atoms with van der Waals surface area (Å²) in [5.41, 5.74) is 1.67. The number of hydrogen-bond donors (Lipinski definition) is 1. The molecule has 0 aliphatic carbocycles. The standard InChI is InChI=1S/C22H26ClFN2O2/c1-3-20(22(28)25-4-2)26(15-16-9-12-18(24)13-10-16)21(27)14-11-17-7-5-6-8-19(17)23/h5-10,12-13,20H,3-4,11,14-15H2,1-2H3,(H,25,28)/t20-/m0/s1. The number of benzene rings is 2. The van der Waals surface area contributed by atoms with Crippen LogP contribution in [-0.4, -0.2) is 29.3 Å². The lowest BCUT2D eigenvalue weighted by Gasteiger charge is -2.30. The van der Waals surface area contributed by atoms with Crippen LogP contribution < -0.4 is 5.32 Å². The number of rotatable bonds is 9. The van der Waals surface area contributed by atoms with Gasteiger partial charge in [-0.1, -0.05) is 48.9 Å². The number of nitrogens with one attached hydrogen (secondary N) is 1. The van der Waals surface area contributed by atoms with E-state index in [0.717, 1.165) is 11.1 Å². The minimum Gasteiger partial charge on any atom is -0.355 e. The Morgan fingerprint density at radius 1 is 1.11 bits per heavy atom. The lowest BCUT2D eigenvalue weighted by Crippen LogP contribution is -2.49. The van der Waals surface area contributed by atoms with Gasteiger partial charge >= 0.3 is 0 Å². The van der Waals surface area contributed by atoms with Crippen LogP contribution in [-0.2, 0) is 22.6 Å². The highest BCUT2D eigenvalue weighted by atomic mass is 35.5. The van der Waals surface area contributed by atoms with Crippen LogP contribution in [0.4, 0.5) is 4.39 Å². The molecule has 0 spiro atoms. The molecule has 0 radical (unpaired) electrons. The van der Waals surface area contributed by atoms with Gasteiger partial charge in [-0.15, -0.1) is 0 Å². The second-order valence-corrected chi connectivity index (χ2v) is 6.97. The zero-order valence-corrected chi connectivity index (χ0v) is 17.0. The number of halogens is 2. The summed E-state index contributed by atoms with van der Waals surface area (Å²) in [5.74, 6) is -0.656. The molecule has 0 saturated heterocycles. The van der Waals surface area contributed by atoms with E-state index in [0.29, 0.717) is 24.4 Å². The van der Waals surface area contributed by atoms with Crippen LogP contribution >= 0.6 is 11.6 Å². The summed E-state index contributed by atoms with van der Waals surface area (Å²) >= 11 is 6.19. The predicted molar refractivity (Wildman–Crippen MR) is 109 cm³/mol. The van der Waals surface area contributed by atoms with Gasteiger partial charge in [0.25, 0.3) is 0 Å². The number of carbonyl (C=O) groups is 2. The van der Waals surface area contributed by atoms with Crippen molar-refractivity contribution in [2.24, 2.45) is 0 Å². The summed E-state index contributed by atoms with van der Waals surface area (Å²) in [6.07, 6.45) is 1.22. The van der Waals surface area contributed by atoms with E-state index in [9.17, 15) is 14.0 Å². The van der Waals surface area contributed by atoms with Gasteiger partial charge in [0.05, 0.1) is 0 Å². The Morgan fingerprint density at radius 3 is 2.39 bits per heavy atom. The molecule has 0 aromatic heterocycles. The first-order valence-corrected chi connectivity index (χ1v) is 9.89. The van der Waals surface area contributed by atoms with Crippen LogP contribution in [0.15, 0.2) is 48.5 Å². The third kappa shape index (κ3) is 6.06. The van der Waals surface area contributed by atoms with Crippen molar-refractivity contribution in [3.8, 4) is 0 Å². The van der Waals surface area contributed by atoms with E-state index in [1.54, 1.807) is 23.1 Å². The molecule has 0 aliphatic heterocycles. The molecule has 2 amide bonds. The number of amides is 2. The molecule has 0 heterocycles. The van der Waals surface area contributed by atoms with Crippen molar-refractivity contribution in [3.63, 3.8) is 0 Å². The monoisotopic (exact) mass is 404 g/mol. The molecule has 0 saturated carbocycles. The largest absolute Gasteiger partial charge is 0.355 e. The van der Waals surface area contributed by atoms with Gasteiger partial charge in [-0.3, -0.25) is 9.59 Å². The number of hydrogen-bond acceptors (Lipinski definition) is 2. The van der Waals surface area contributed by atoms with E-state index in [-0.39, 0.29) is 30.6 Å². The van der Waals surface area contributed by atoms with Gasteiger partial charge in [0.15, 0.2) is 0 Å². The first kappa shape index (κ1) is 21.9. The molecular weight excluding hydrogens is 379 g/mol. The SMILES string of the molecule is CCNC(=O)[C@H](CC)N(Cc1ccc(F)cc1)C(=O)CCc1ccccc1Cl. The van der Waals surface area contributed by atoms with E-state index in [2.05, 4.69) is 5.32 Å². The molecule has 2 aromatic carbocycles. The van der Waals surface area contributed by atoms with Crippen molar-refractivity contribution >= 4 is 23.4 Å². The zero-order valence-electron chi connectivity index (χ0n) is 16.3. The second kappa shape index (κ2) is 10.8. The highest BCUT2D eigenvalue weighted by Gasteiger charge is 2.28. The minimum absolute atomic E-state index is 0.137. The van der Waals surface area contributed by atoms with E-state index in [4.69, 9.17) is 11.6 Å². The molecule has 0 fully saturated rings. The molecule has 2 rings (SSSR count). The molecular formula is C22H26ClFN2O2. The second-order valence-electron chi connectivity index (χ2n) is 6.56. The van der Waals surface area contributed by atoms with Crippen LogP contribution in [0.2, 0.25) is 5.02 Å². The molecule has 150 valence electrons. The molecule has 4 nitrogen and oxygen atoms in total. The fourth-order valence-electron chi connectivity index (χ4n) is 3.08. The number of aryl methyl sites for hydroxylation is 1. The minimum atomic E-state index is -0.580. The Morgan fingerprint density at radius 2 is 1.79 bits per heavy atom. The summed E-state index contributed by atoms with van der Waals surface area (Å²) in [7, 11) is 0. The van der Waals surface area contributed by atoms with Crippen molar-refractivity contribution in [3.05, 3.63) is 70.5 Å². The molecule has 1 atom stereocenters. The lowest BCUT2D eigenvalue weighted by atomic mass is 10.1. The Kier molecular flexibility index (Phi) is 8.45. The third-order valence-corrected chi connectivity index (χ3v) is 4.94. The summed E-state index contributed by atoms with van der Waals surface area (Å²) in [5, 5.41) is 3.42. The maximum absolute atomic E-state index is 13.2. The Hall–Kier alpha value is -2.40. The van der Waals surface area contributed by atoms with Crippen LogP contribution in [0, 0.1) is 5.82 Å². The molecule has 0 unspecified atom stereocenters. The Labute approximate surface area is 170 Å². The highest BCUT2D eigenvalue weighted by molar-refractivity contribution is 6.31. The van der Waals surface area contributed by atoms with Gasteiger partial charge in [0.1, 0.15) is 11.9 Å². The van der Waals surface area contributed by atoms with Crippen molar-refractivity contribution in [2.45, 2.75) is 45.7 Å². The number of nitrogens with zero attached hydrogens (tertiary/aromatic N) is 1. The summed E-state index contributed by atoms with van der Waals surface area (Å²) in [4.78, 5) is 27.1. The molecule has 0 aliphatic rings. The van der Waals surface area contributed by atoms with Crippen molar-refractivity contribution in [2.75, 3.05) is 6.54 Å². The summed E-state index contributed by atoms with van der Waals surface area (Å²) < 4.78 is 13.2. The zero-order chi connectivity index (χ0) is 20.5. The van der Waals surface area contributed by atoms with Crippen LogP contribution in [0.5, 0.6) is 0 Å². The van der Waals surface area contributed by atoms with Gasteiger partial charge in [-0.2, -0.15) is 0 Å². The predicted octanol–water partition coefficient (Wildman–Crippen LogP) is 4.36. The normalized spacial score (nSPS) is 11.7. The van der Waals surface area contributed by atoms with Gasteiger partial charge in [-0.05, 0) is 49.1 Å². The first-order valence-electron chi connectivity index (χ1n) is 9.51. The summed E-state index contributed by atoms with van der Waals surface area (Å²) in [6.45, 7) is 4.46. The van der Waals surface area contributed by atoms with E-state index >= 15 is 0 Å². The van der Waals surface area contributed by atoms with Crippen molar-refractivity contribution in [1.82, 2.24) is 10.2 Å². The highest BCUT2D eigenvalue weighted by Crippen LogP contribution is 2.19. The molecule has 6 heteroatoms. The Bertz CT molecular complexity index is 795. The number of carbonyl (C=O) groups excluding carboxylic acids is 2. The fourth-order valence-corrected chi connectivity index (χ4v) is 3.31. The van der Waals surface area contributed by atoms with Gasteiger partial charge in [0.2, 0.25) is 11.8 Å². The molecule has 0 bridgehead atoms. The summed E-state index contributed by atoms with van der Waals surface area (Å²) in [6, 6.07) is 12.8. The van der Waals surface area contributed by atoms with Crippen LogP contribution in [0.3, 0.4) is 0 Å². The lowest BCUT2D eigenvalue weighted by molar-refractivity contribution is -0.141. The van der Waals surface area contributed by atoms with E-state index in [1.165, 1.54) is 12.1 Å². The average Bonchev–Trinajstić information content (AvgIpc) is 2.68. The quantitative estimate of drug-likeness (QED) is 0.675. The van der Waals surface area contributed by atoms with Crippen molar-refractivity contribution in [1.29, 1.82) is 0 Å². The van der Waals surface area contributed by atoms with Crippen LogP contribution in [0.1, 0.15) is 37.8 Å². The average molecular weight is 405 g/mol. The molecule has 1 N–H and O–H groups in total. The van der Waals surface area contributed by atoms with Gasteiger partial charge in [0, 0.05) is 24.5 Å². The smallest absolute Gasteiger partial charge is 0.242 e. The third-order valence-electron chi connectivity index (χ3n) is 4.57. The topological polar surface area (TPSA) is 49.4 Å². The molecule has 2 aromatic rings. The van der Waals surface area contributed by atoms with E-state index in [1.807, 2.05) is 32.0 Å². The van der Waals surface area contributed by atoms with Crippen molar-refractivity contribution < 1.29 is 14.0 Å². The number of likely N-dealkylation sites (N-methyl/N-ethyl adjacent to an activating group) is 1. The van der Waals surface area contributed by atoms with E-state index < -0.39 is 6.04 Å². The first-order chi connectivity index (χ1) is 13.5. The Balaban J connectivity index is 2.19. The maximum atomic E-state index is 13.2. The van der Waals surface area contributed by atoms with Gasteiger partial charge < -0.3 is 10.2 Å². The fraction of sp³-hybridized carbons (Fsp3) is 0.364. The maximum Gasteiger partial charge on any atom is 0.242 e. The molecule has 28 heavy (non-hydrogen) atoms. The van der Waals surface area contributed by atoms with Crippen LogP contribution in [0.25, 0.3) is 0 Å². The van der Waals surface area contributed by atoms with Gasteiger partial charge in [-0.25, -0.2) is 4.39 Å².